The molecule has 0 atom stereocenters. The Bertz CT molecular complexity index is 613. The second kappa shape index (κ2) is 9.46. The van der Waals surface area contributed by atoms with Gasteiger partial charge in [-0.2, -0.15) is 0 Å². The van der Waals surface area contributed by atoms with Crippen molar-refractivity contribution in [3.63, 3.8) is 0 Å². The van der Waals surface area contributed by atoms with Crippen LogP contribution in [0.4, 0.5) is 10.1 Å². The quantitative estimate of drug-likeness (QED) is 0.418. The summed E-state index contributed by atoms with van der Waals surface area (Å²) in [6.45, 7) is 2.24. The predicted octanol–water partition coefficient (Wildman–Crippen LogP) is 2.99. The number of guanidine groups is 1. The lowest BCUT2D eigenvalue weighted by Gasteiger charge is -2.12. The van der Waals surface area contributed by atoms with Crippen molar-refractivity contribution in [1.29, 1.82) is 0 Å². The van der Waals surface area contributed by atoms with E-state index in [0.29, 0.717) is 12.5 Å². The van der Waals surface area contributed by atoms with Crippen molar-refractivity contribution in [2.45, 2.75) is 13.0 Å². The Labute approximate surface area is 136 Å². The molecule has 0 heterocycles. The van der Waals surface area contributed by atoms with E-state index in [4.69, 9.17) is 0 Å². The van der Waals surface area contributed by atoms with Gasteiger partial charge in [0, 0.05) is 32.4 Å². The third-order valence-electron chi connectivity index (χ3n) is 3.32. The first-order chi connectivity index (χ1) is 11.3. The first-order valence-electron chi connectivity index (χ1n) is 7.76. The third-order valence-corrected chi connectivity index (χ3v) is 3.32. The molecule has 5 heteroatoms. The molecule has 0 unspecified atom stereocenters. The first-order valence-corrected chi connectivity index (χ1v) is 7.76. The molecule has 0 saturated heterocycles. The Morgan fingerprint density at radius 3 is 2.57 bits per heavy atom. The molecule has 2 aromatic carbocycles. The lowest BCUT2D eigenvalue weighted by molar-refractivity contribution is 0.624. The van der Waals surface area contributed by atoms with Crippen molar-refractivity contribution in [1.82, 2.24) is 10.6 Å². The van der Waals surface area contributed by atoms with Crippen LogP contribution in [0.25, 0.3) is 0 Å². The number of aliphatic imine (C=N–C) groups is 1. The van der Waals surface area contributed by atoms with E-state index in [-0.39, 0.29) is 5.82 Å². The summed E-state index contributed by atoms with van der Waals surface area (Å²) in [4.78, 5) is 4.16. The molecule has 3 N–H and O–H groups in total. The number of para-hydroxylation sites is 1. The van der Waals surface area contributed by atoms with Crippen LogP contribution < -0.4 is 16.0 Å². The largest absolute Gasteiger partial charge is 0.385 e. The molecule has 0 spiro atoms. The average Bonchev–Trinajstić information content (AvgIpc) is 2.58. The van der Waals surface area contributed by atoms with Gasteiger partial charge >= 0.3 is 0 Å². The zero-order valence-corrected chi connectivity index (χ0v) is 13.3. The summed E-state index contributed by atoms with van der Waals surface area (Å²) in [5.74, 6) is 0.494. The highest BCUT2D eigenvalue weighted by Gasteiger charge is 1.99. The maximum atomic E-state index is 13.1. The van der Waals surface area contributed by atoms with Crippen LogP contribution in [0.2, 0.25) is 0 Å². The molecular weight excluding hydrogens is 291 g/mol. The summed E-state index contributed by atoms with van der Waals surface area (Å²) in [5, 5.41) is 9.78. The van der Waals surface area contributed by atoms with Crippen LogP contribution in [0.5, 0.6) is 0 Å². The number of nitrogens with one attached hydrogen (secondary N) is 3. The van der Waals surface area contributed by atoms with E-state index in [2.05, 4.69) is 20.9 Å². The van der Waals surface area contributed by atoms with Crippen molar-refractivity contribution in [3.05, 3.63) is 66.0 Å². The lowest BCUT2D eigenvalue weighted by Crippen LogP contribution is -2.37. The molecular formula is C18H23FN4. The number of hydrogen-bond donors (Lipinski definition) is 3. The van der Waals surface area contributed by atoms with Gasteiger partial charge in [0.2, 0.25) is 0 Å². The molecule has 122 valence electrons. The maximum Gasteiger partial charge on any atom is 0.191 e. The molecule has 0 aromatic heterocycles. The fourth-order valence-electron chi connectivity index (χ4n) is 2.14. The van der Waals surface area contributed by atoms with Crippen LogP contribution >= 0.6 is 0 Å². The summed E-state index contributed by atoms with van der Waals surface area (Å²) < 4.78 is 13.1. The summed E-state index contributed by atoms with van der Waals surface area (Å²) >= 11 is 0. The second-order valence-corrected chi connectivity index (χ2v) is 5.13. The topological polar surface area (TPSA) is 48.5 Å². The standard InChI is InChI=1S/C18H23FN4/c1-20-18(23-14-15-7-5-8-16(19)13-15)22-12-6-11-21-17-9-3-2-4-10-17/h2-5,7-10,13,21H,6,11-12,14H2,1H3,(H2,20,22,23). The van der Waals surface area contributed by atoms with Crippen molar-refractivity contribution in [3.8, 4) is 0 Å². The highest BCUT2D eigenvalue weighted by Crippen LogP contribution is 2.04. The minimum Gasteiger partial charge on any atom is -0.385 e. The SMILES string of the molecule is CN=C(NCCCNc1ccccc1)NCc1cccc(F)c1. The van der Waals surface area contributed by atoms with Gasteiger partial charge in [0.05, 0.1) is 0 Å². The molecule has 0 aliphatic heterocycles. The van der Waals surface area contributed by atoms with Gasteiger partial charge in [-0.25, -0.2) is 4.39 Å². The van der Waals surface area contributed by atoms with Crippen LogP contribution in [-0.4, -0.2) is 26.1 Å². The molecule has 23 heavy (non-hydrogen) atoms. The van der Waals surface area contributed by atoms with E-state index in [1.54, 1.807) is 13.1 Å². The molecule has 0 saturated carbocycles. The number of anilines is 1. The van der Waals surface area contributed by atoms with Gasteiger partial charge in [-0.1, -0.05) is 30.3 Å². The van der Waals surface area contributed by atoms with Gasteiger partial charge in [-0.15, -0.1) is 0 Å². The Morgan fingerprint density at radius 2 is 1.83 bits per heavy atom. The molecule has 0 aliphatic carbocycles. The van der Waals surface area contributed by atoms with E-state index in [1.807, 2.05) is 36.4 Å². The fraction of sp³-hybridized carbons (Fsp3) is 0.278. The molecule has 0 aliphatic rings. The van der Waals surface area contributed by atoms with Gasteiger partial charge in [-0.3, -0.25) is 4.99 Å². The molecule has 0 bridgehead atoms. The lowest BCUT2D eigenvalue weighted by atomic mass is 10.2. The van der Waals surface area contributed by atoms with E-state index in [0.717, 1.165) is 30.8 Å². The Kier molecular flexibility index (Phi) is 6.91. The maximum absolute atomic E-state index is 13.1. The number of benzene rings is 2. The summed E-state index contributed by atoms with van der Waals surface area (Å²) in [6.07, 6.45) is 0.968. The van der Waals surface area contributed by atoms with Gasteiger partial charge in [-0.05, 0) is 36.2 Å². The molecule has 0 radical (unpaired) electrons. The third kappa shape index (κ3) is 6.38. The van der Waals surface area contributed by atoms with Crippen LogP contribution in [0, 0.1) is 5.82 Å². The minimum atomic E-state index is -0.223. The van der Waals surface area contributed by atoms with E-state index in [9.17, 15) is 4.39 Å². The summed E-state index contributed by atoms with van der Waals surface area (Å²) in [5.41, 5.74) is 2.01. The zero-order chi connectivity index (χ0) is 16.3. The zero-order valence-electron chi connectivity index (χ0n) is 13.3. The fourth-order valence-corrected chi connectivity index (χ4v) is 2.14. The average molecular weight is 314 g/mol. The number of nitrogens with zero attached hydrogens (tertiary/aromatic N) is 1. The Hall–Kier alpha value is -2.56. The molecule has 2 rings (SSSR count). The highest BCUT2D eigenvalue weighted by molar-refractivity contribution is 5.79. The number of halogens is 1. The normalized spacial score (nSPS) is 11.1. The smallest absolute Gasteiger partial charge is 0.191 e. The molecule has 0 fully saturated rings. The monoisotopic (exact) mass is 314 g/mol. The van der Waals surface area contributed by atoms with Crippen molar-refractivity contribution in [2.24, 2.45) is 4.99 Å². The number of hydrogen-bond acceptors (Lipinski definition) is 2. The molecule has 4 nitrogen and oxygen atoms in total. The van der Waals surface area contributed by atoms with Crippen LogP contribution in [0.3, 0.4) is 0 Å². The van der Waals surface area contributed by atoms with Crippen molar-refractivity contribution >= 4 is 11.6 Å². The summed E-state index contributed by atoms with van der Waals surface area (Å²) in [6, 6.07) is 16.7. The Balaban J connectivity index is 1.63. The number of rotatable bonds is 7. The highest BCUT2D eigenvalue weighted by atomic mass is 19.1. The van der Waals surface area contributed by atoms with Crippen LogP contribution in [0.1, 0.15) is 12.0 Å². The molecule has 0 amide bonds. The van der Waals surface area contributed by atoms with E-state index >= 15 is 0 Å². The molecule has 2 aromatic rings. The van der Waals surface area contributed by atoms with Gasteiger partial charge in [0.1, 0.15) is 5.82 Å². The van der Waals surface area contributed by atoms with Gasteiger partial charge in [0.15, 0.2) is 5.96 Å². The Morgan fingerprint density at radius 1 is 1.00 bits per heavy atom. The van der Waals surface area contributed by atoms with Crippen LogP contribution in [0.15, 0.2) is 59.6 Å². The first kappa shape index (κ1) is 16.8. The predicted molar refractivity (Wildman–Crippen MR) is 94.2 cm³/mol. The summed E-state index contributed by atoms with van der Waals surface area (Å²) in [7, 11) is 1.73. The van der Waals surface area contributed by atoms with Crippen LogP contribution in [-0.2, 0) is 6.54 Å². The van der Waals surface area contributed by atoms with Gasteiger partial charge < -0.3 is 16.0 Å². The van der Waals surface area contributed by atoms with Crippen molar-refractivity contribution in [2.75, 3.05) is 25.5 Å². The van der Waals surface area contributed by atoms with Crippen molar-refractivity contribution < 1.29 is 4.39 Å². The minimum absolute atomic E-state index is 0.223. The van der Waals surface area contributed by atoms with E-state index in [1.165, 1.54) is 12.1 Å². The van der Waals surface area contributed by atoms with E-state index < -0.39 is 0 Å². The second-order valence-electron chi connectivity index (χ2n) is 5.13. The van der Waals surface area contributed by atoms with Gasteiger partial charge in [0.25, 0.3) is 0 Å².